The van der Waals surface area contributed by atoms with Crippen LogP contribution in [0.1, 0.15) is 12.6 Å². The van der Waals surface area contributed by atoms with Crippen molar-refractivity contribution in [3.05, 3.63) is 63.9 Å². The van der Waals surface area contributed by atoms with Crippen LogP contribution in [0.2, 0.25) is 5.02 Å². The Kier molecular flexibility index (Phi) is 5.34. The summed E-state index contributed by atoms with van der Waals surface area (Å²) in [7, 11) is 0. The van der Waals surface area contributed by atoms with Crippen LogP contribution in [0.15, 0.2) is 52.8 Å². The van der Waals surface area contributed by atoms with E-state index in [4.69, 9.17) is 11.6 Å². The predicted molar refractivity (Wildman–Crippen MR) is 117 cm³/mol. The summed E-state index contributed by atoms with van der Waals surface area (Å²) in [6.07, 6.45) is 7.04. The van der Waals surface area contributed by atoms with Crippen LogP contribution < -0.4 is 5.56 Å². The second-order valence-corrected chi connectivity index (χ2v) is 7.66. The van der Waals surface area contributed by atoms with Gasteiger partial charge in [0.15, 0.2) is 5.16 Å². The number of rotatable bonds is 4. The Morgan fingerprint density at radius 2 is 1.93 bits per heavy atom. The average molecular weight is 424 g/mol. The van der Waals surface area contributed by atoms with E-state index < -0.39 is 0 Å². The molecular weight excluding hydrogens is 406 g/mol. The number of hydrogen-bond acceptors (Lipinski definition) is 6. The van der Waals surface area contributed by atoms with Gasteiger partial charge in [-0.3, -0.25) is 14.3 Å². The summed E-state index contributed by atoms with van der Waals surface area (Å²) in [6, 6.07) is 7.37. The van der Waals surface area contributed by atoms with Crippen LogP contribution in [0.5, 0.6) is 0 Å². The van der Waals surface area contributed by atoms with Crippen molar-refractivity contribution in [1.82, 2.24) is 24.5 Å². The molecule has 8 heteroatoms. The van der Waals surface area contributed by atoms with E-state index >= 15 is 0 Å². The van der Waals surface area contributed by atoms with Gasteiger partial charge in [0.05, 0.1) is 17.6 Å². The van der Waals surface area contributed by atoms with Gasteiger partial charge >= 0.3 is 0 Å². The fourth-order valence-electron chi connectivity index (χ4n) is 3.22. The first-order chi connectivity index (χ1) is 14.0. The zero-order valence-corrected chi connectivity index (χ0v) is 17.8. The molecule has 0 amide bonds. The van der Waals surface area contributed by atoms with E-state index in [9.17, 15) is 4.79 Å². The first-order valence-electron chi connectivity index (χ1n) is 9.05. The van der Waals surface area contributed by atoms with Crippen LogP contribution in [-0.4, -0.2) is 30.8 Å². The van der Waals surface area contributed by atoms with Gasteiger partial charge in [0, 0.05) is 46.0 Å². The highest BCUT2D eigenvalue weighted by Gasteiger charge is 2.15. The van der Waals surface area contributed by atoms with Crippen LogP contribution in [0.4, 0.5) is 0 Å². The number of benzene rings is 1. The van der Waals surface area contributed by atoms with Crippen LogP contribution in [0.25, 0.3) is 33.4 Å². The third kappa shape index (κ3) is 3.63. The lowest BCUT2D eigenvalue weighted by Crippen LogP contribution is -2.22. The molecule has 3 heterocycles. The highest BCUT2D eigenvalue weighted by Crippen LogP contribution is 2.31. The van der Waals surface area contributed by atoms with Crippen molar-refractivity contribution in [2.24, 2.45) is 0 Å². The van der Waals surface area contributed by atoms with E-state index in [0.29, 0.717) is 33.5 Å². The minimum absolute atomic E-state index is 0.129. The second kappa shape index (κ2) is 7.93. The van der Waals surface area contributed by atoms with Crippen molar-refractivity contribution in [3.8, 4) is 22.4 Å². The summed E-state index contributed by atoms with van der Waals surface area (Å²) < 4.78 is 1.66. The molecule has 0 fully saturated rings. The molecule has 0 saturated heterocycles. The van der Waals surface area contributed by atoms with E-state index in [1.54, 1.807) is 29.2 Å². The number of nitrogens with zero attached hydrogens (tertiary/aromatic N) is 5. The van der Waals surface area contributed by atoms with Gasteiger partial charge in [-0.15, -0.1) is 0 Å². The molecular formula is C21H18ClN5OS. The monoisotopic (exact) mass is 423 g/mol. The maximum atomic E-state index is 13.2. The third-order valence-electron chi connectivity index (χ3n) is 4.61. The molecule has 0 radical (unpaired) electrons. The third-order valence-corrected chi connectivity index (χ3v) is 5.49. The van der Waals surface area contributed by atoms with E-state index in [-0.39, 0.29) is 5.56 Å². The Morgan fingerprint density at radius 3 is 2.62 bits per heavy atom. The largest absolute Gasteiger partial charge is 0.292 e. The molecule has 0 atom stereocenters. The van der Waals surface area contributed by atoms with Gasteiger partial charge in [-0.25, -0.2) is 15.0 Å². The van der Waals surface area contributed by atoms with Crippen LogP contribution in [-0.2, 0) is 6.54 Å². The average Bonchev–Trinajstić information content (AvgIpc) is 2.73. The van der Waals surface area contributed by atoms with E-state index in [1.807, 2.05) is 38.3 Å². The van der Waals surface area contributed by atoms with Crippen LogP contribution >= 0.6 is 23.4 Å². The molecule has 0 saturated carbocycles. The van der Waals surface area contributed by atoms with Crippen LogP contribution in [0.3, 0.4) is 0 Å². The van der Waals surface area contributed by atoms with E-state index in [2.05, 4.69) is 19.9 Å². The lowest BCUT2D eigenvalue weighted by atomic mass is 10.0. The van der Waals surface area contributed by atoms with E-state index in [0.717, 1.165) is 22.3 Å². The maximum absolute atomic E-state index is 13.2. The van der Waals surface area contributed by atoms with Crippen molar-refractivity contribution in [1.29, 1.82) is 0 Å². The quantitative estimate of drug-likeness (QED) is 0.352. The number of pyridine rings is 1. The molecule has 6 nitrogen and oxygen atoms in total. The molecule has 0 N–H and O–H groups in total. The minimum Gasteiger partial charge on any atom is -0.292 e. The zero-order valence-electron chi connectivity index (χ0n) is 16.2. The highest BCUT2D eigenvalue weighted by molar-refractivity contribution is 7.98. The van der Waals surface area contributed by atoms with Crippen molar-refractivity contribution < 1.29 is 0 Å². The maximum Gasteiger partial charge on any atom is 0.260 e. The summed E-state index contributed by atoms with van der Waals surface area (Å²) in [4.78, 5) is 30.7. The minimum atomic E-state index is -0.129. The Balaban J connectivity index is 1.88. The summed E-state index contributed by atoms with van der Waals surface area (Å²) in [5, 5.41) is 1.91. The molecule has 0 bridgehead atoms. The zero-order chi connectivity index (χ0) is 20.5. The Bertz CT molecular complexity index is 1290. The van der Waals surface area contributed by atoms with Gasteiger partial charge < -0.3 is 0 Å². The summed E-state index contributed by atoms with van der Waals surface area (Å²) in [5.74, 6) is 0. The Morgan fingerprint density at radius 1 is 1.10 bits per heavy atom. The van der Waals surface area contributed by atoms with Gasteiger partial charge in [-0.2, -0.15) is 0 Å². The molecule has 0 spiro atoms. The molecule has 1 aromatic carbocycles. The van der Waals surface area contributed by atoms with Crippen molar-refractivity contribution in [2.75, 3.05) is 6.26 Å². The number of aromatic nitrogens is 5. The van der Waals surface area contributed by atoms with Gasteiger partial charge in [0.1, 0.15) is 5.65 Å². The lowest BCUT2D eigenvalue weighted by Gasteiger charge is -2.12. The molecule has 0 aliphatic heterocycles. The first-order valence-corrected chi connectivity index (χ1v) is 10.7. The molecule has 4 rings (SSSR count). The standard InChI is InChI=1S/C21H18ClN5OS/c1-4-27-19-14(10-24-21(26-19)29-3)7-16(20(27)28)15-6-5-13(8-17(15)22)18-11-23-9-12(2)25-18/h5-11H,4H2,1-3H3. The predicted octanol–water partition coefficient (Wildman–Crippen LogP) is 4.62. The molecule has 0 aliphatic rings. The van der Waals surface area contributed by atoms with Gasteiger partial charge in [0.2, 0.25) is 0 Å². The van der Waals surface area contributed by atoms with Crippen molar-refractivity contribution in [3.63, 3.8) is 0 Å². The fourth-order valence-corrected chi connectivity index (χ4v) is 3.84. The van der Waals surface area contributed by atoms with Gasteiger partial charge in [-0.05, 0) is 32.2 Å². The number of thioether (sulfide) groups is 1. The van der Waals surface area contributed by atoms with E-state index in [1.165, 1.54) is 11.8 Å². The summed E-state index contributed by atoms with van der Waals surface area (Å²) >= 11 is 8.03. The second-order valence-electron chi connectivity index (χ2n) is 6.48. The SMILES string of the molecule is CCn1c(=O)c(-c2ccc(-c3cncc(C)n3)cc2Cl)cc2cnc(SC)nc21. The fraction of sp³-hybridized carbons (Fsp3) is 0.190. The lowest BCUT2D eigenvalue weighted by molar-refractivity contribution is 0.743. The number of halogens is 1. The van der Waals surface area contributed by atoms with Gasteiger partial charge in [-0.1, -0.05) is 35.5 Å². The first kappa shape index (κ1) is 19.5. The van der Waals surface area contributed by atoms with Crippen molar-refractivity contribution >= 4 is 34.4 Å². The molecule has 0 unspecified atom stereocenters. The molecule has 29 heavy (non-hydrogen) atoms. The summed E-state index contributed by atoms with van der Waals surface area (Å²) in [6.45, 7) is 4.31. The molecule has 0 aliphatic carbocycles. The normalized spacial score (nSPS) is 11.2. The Hall–Kier alpha value is -2.77. The van der Waals surface area contributed by atoms with Gasteiger partial charge in [0.25, 0.3) is 5.56 Å². The van der Waals surface area contributed by atoms with Crippen molar-refractivity contribution in [2.45, 2.75) is 25.5 Å². The highest BCUT2D eigenvalue weighted by atomic mass is 35.5. The summed E-state index contributed by atoms with van der Waals surface area (Å²) in [5.41, 5.74) is 4.10. The topological polar surface area (TPSA) is 73.6 Å². The number of fused-ring (bicyclic) bond motifs is 1. The molecule has 146 valence electrons. The van der Waals surface area contributed by atoms with Crippen LogP contribution in [0, 0.1) is 6.92 Å². The number of hydrogen-bond donors (Lipinski definition) is 0. The molecule has 3 aromatic heterocycles. The smallest absolute Gasteiger partial charge is 0.260 e. The number of aryl methyl sites for hydroxylation is 2. The molecule has 4 aromatic rings. The Labute approximate surface area is 177 Å².